The number of carbonyl (C=O) groups is 3. The van der Waals surface area contributed by atoms with E-state index in [4.69, 9.17) is 14.2 Å². The second-order valence-electron chi connectivity index (χ2n) is 7.79. The Kier molecular flexibility index (Phi) is 7.77. The minimum Gasteiger partial charge on any atom is -0.447 e. The van der Waals surface area contributed by atoms with E-state index >= 15 is 0 Å². The third-order valence-corrected chi connectivity index (χ3v) is 5.30. The molecule has 2 amide bonds. The summed E-state index contributed by atoms with van der Waals surface area (Å²) in [5, 5.41) is 0. The molecule has 0 spiro atoms. The number of hydrogen-bond donors (Lipinski definition) is 0. The lowest BCUT2D eigenvalue weighted by Crippen LogP contribution is -2.44. The van der Waals surface area contributed by atoms with Crippen LogP contribution < -0.4 is 0 Å². The quantitative estimate of drug-likeness (QED) is 0.589. The number of rotatable bonds is 9. The Morgan fingerprint density at radius 3 is 2.76 bits per heavy atom. The molecule has 2 saturated heterocycles. The fraction of sp³-hybridized carbons (Fsp3) is 0.591. The molecule has 0 N–H and O–H groups in total. The first-order valence-electron chi connectivity index (χ1n) is 10.3. The lowest BCUT2D eigenvalue weighted by Gasteiger charge is -2.24. The van der Waals surface area contributed by atoms with Crippen LogP contribution in [0.1, 0.15) is 44.6 Å². The van der Waals surface area contributed by atoms with Crippen LogP contribution in [-0.4, -0.2) is 54.8 Å². The number of Topliss-reactive ketones (excluding diaryl/α,β-unsaturated/α-hetero) is 1. The molecule has 158 valence electrons. The number of nitrogens with zero attached hydrogens (tertiary/aromatic N) is 1. The molecule has 2 aliphatic heterocycles. The van der Waals surface area contributed by atoms with Crippen molar-refractivity contribution in [3.63, 3.8) is 0 Å². The highest BCUT2D eigenvalue weighted by atomic mass is 16.7. The zero-order valence-corrected chi connectivity index (χ0v) is 16.9. The Balaban J connectivity index is 1.46. The topological polar surface area (TPSA) is 82.1 Å². The molecular weight excluding hydrogens is 374 g/mol. The molecule has 3 rings (SSSR count). The summed E-state index contributed by atoms with van der Waals surface area (Å²) in [7, 11) is 0. The van der Waals surface area contributed by atoms with Crippen molar-refractivity contribution >= 4 is 17.8 Å². The van der Waals surface area contributed by atoms with Crippen molar-refractivity contribution in [1.29, 1.82) is 0 Å². The van der Waals surface area contributed by atoms with Gasteiger partial charge < -0.3 is 14.2 Å². The van der Waals surface area contributed by atoms with Gasteiger partial charge in [0.15, 0.2) is 6.29 Å². The molecule has 3 atom stereocenters. The van der Waals surface area contributed by atoms with Crippen LogP contribution in [0.25, 0.3) is 0 Å². The van der Waals surface area contributed by atoms with Gasteiger partial charge in [-0.1, -0.05) is 37.3 Å². The molecule has 2 unspecified atom stereocenters. The first-order valence-corrected chi connectivity index (χ1v) is 10.3. The molecular formula is C22H29NO6. The number of amides is 2. The summed E-state index contributed by atoms with van der Waals surface area (Å²) in [5.74, 6) is -1.23. The maximum absolute atomic E-state index is 12.6. The van der Waals surface area contributed by atoms with Gasteiger partial charge in [0.1, 0.15) is 6.61 Å². The molecule has 0 saturated carbocycles. The Morgan fingerprint density at radius 2 is 2.03 bits per heavy atom. The average Bonchev–Trinajstić information content (AvgIpc) is 3.11. The van der Waals surface area contributed by atoms with Crippen LogP contribution in [0, 0.1) is 5.92 Å². The normalized spacial score (nSPS) is 22.9. The predicted octanol–water partition coefficient (Wildman–Crippen LogP) is 3.11. The van der Waals surface area contributed by atoms with Crippen molar-refractivity contribution in [2.45, 2.75) is 57.8 Å². The van der Waals surface area contributed by atoms with E-state index in [1.807, 2.05) is 37.3 Å². The summed E-state index contributed by atoms with van der Waals surface area (Å²) in [4.78, 5) is 38.0. The molecule has 0 radical (unpaired) electrons. The van der Waals surface area contributed by atoms with Gasteiger partial charge in [0.05, 0.1) is 12.6 Å². The highest BCUT2D eigenvalue weighted by Crippen LogP contribution is 2.20. The number of carbonyl (C=O) groups excluding carboxylic acids is 3. The standard InChI is InChI=1S/C22H29NO6/c1-16(14-28-20-9-5-6-12-27-20)10-11-19(24)21(25)23-18(15-29-22(23)26)13-17-7-3-2-4-8-17/h2-4,7-8,16,18,20H,5-6,9-15H2,1H3/t16?,18-,20?/m0/s1. The Bertz CT molecular complexity index is 701. The summed E-state index contributed by atoms with van der Waals surface area (Å²) in [5.41, 5.74) is 0.983. The molecule has 29 heavy (non-hydrogen) atoms. The van der Waals surface area contributed by atoms with Gasteiger partial charge in [0, 0.05) is 13.0 Å². The molecule has 0 aliphatic carbocycles. The van der Waals surface area contributed by atoms with Gasteiger partial charge in [0.2, 0.25) is 5.78 Å². The van der Waals surface area contributed by atoms with E-state index in [9.17, 15) is 14.4 Å². The molecule has 2 fully saturated rings. The van der Waals surface area contributed by atoms with E-state index in [-0.39, 0.29) is 25.2 Å². The zero-order valence-electron chi connectivity index (χ0n) is 16.9. The van der Waals surface area contributed by atoms with Crippen molar-refractivity contribution in [3.05, 3.63) is 35.9 Å². The number of ether oxygens (including phenoxy) is 3. The van der Waals surface area contributed by atoms with E-state index in [1.54, 1.807) is 0 Å². The van der Waals surface area contributed by atoms with E-state index < -0.39 is 23.8 Å². The molecule has 0 aromatic heterocycles. The largest absolute Gasteiger partial charge is 0.447 e. The van der Waals surface area contributed by atoms with E-state index in [0.29, 0.717) is 19.4 Å². The third kappa shape index (κ3) is 6.11. The fourth-order valence-electron chi connectivity index (χ4n) is 3.56. The monoisotopic (exact) mass is 403 g/mol. The molecule has 0 bridgehead atoms. The molecule has 2 heterocycles. The maximum atomic E-state index is 12.6. The van der Waals surface area contributed by atoms with Gasteiger partial charge in [-0.15, -0.1) is 0 Å². The first kappa shape index (κ1) is 21.5. The van der Waals surface area contributed by atoms with Gasteiger partial charge in [0.25, 0.3) is 5.91 Å². The minimum atomic E-state index is -0.780. The highest BCUT2D eigenvalue weighted by Gasteiger charge is 2.40. The van der Waals surface area contributed by atoms with Crippen LogP contribution in [-0.2, 0) is 30.2 Å². The maximum Gasteiger partial charge on any atom is 0.417 e. The summed E-state index contributed by atoms with van der Waals surface area (Å²) in [6.45, 7) is 3.29. The van der Waals surface area contributed by atoms with Gasteiger partial charge in [-0.05, 0) is 43.6 Å². The van der Waals surface area contributed by atoms with Gasteiger partial charge in [-0.25, -0.2) is 9.69 Å². The first-order chi connectivity index (χ1) is 14.0. The fourth-order valence-corrected chi connectivity index (χ4v) is 3.56. The van der Waals surface area contributed by atoms with Gasteiger partial charge >= 0.3 is 6.09 Å². The van der Waals surface area contributed by atoms with Crippen molar-refractivity contribution < 1.29 is 28.6 Å². The smallest absolute Gasteiger partial charge is 0.417 e. The lowest BCUT2D eigenvalue weighted by atomic mass is 10.0. The minimum absolute atomic E-state index is 0.0801. The summed E-state index contributed by atoms with van der Waals surface area (Å²) in [6.07, 6.45) is 3.22. The number of cyclic esters (lactones) is 1. The van der Waals surface area contributed by atoms with Gasteiger partial charge in [-0.3, -0.25) is 9.59 Å². The highest BCUT2D eigenvalue weighted by molar-refractivity contribution is 6.38. The Hall–Kier alpha value is -2.25. The molecule has 2 aliphatic rings. The van der Waals surface area contributed by atoms with E-state index in [0.717, 1.165) is 36.3 Å². The van der Waals surface area contributed by atoms with Crippen LogP contribution in [0.15, 0.2) is 30.3 Å². The Morgan fingerprint density at radius 1 is 1.24 bits per heavy atom. The number of imide groups is 1. The summed E-state index contributed by atoms with van der Waals surface area (Å²) >= 11 is 0. The predicted molar refractivity (Wildman–Crippen MR) is 105 cm³/mol. The molecule has 1 aromatic rings. The van der Waals surface area contributed by atoms with Crippen LogP contribution in [0.2, 0.25) is 0 Å². The average molecular weight is 403 g/mol. The SMILES string of the molecule is CC(CCC(=O)C(=O)N1C(=O)OC[C@@H]1Cc1ccccc1)COC1CCCCO1. The van der Waals surface area contributed by atoms with Crippen molar-refractivity contribution in [2.24, 2.45) is 5.92 Å². The number of benzene rings is 1. The van der Waals surface area contributed by atoms with Crippen molar-refractivity contribution in [2.75, 3.05) is 19.8 Å². The van der Waals surface area contributed by atoms with Crippen molar-refractivity contribution in [1.82, 2.24) is 4.90 Å². The van der Waals surface area contributed by atoms with E-state index in [2.05, 4.69) is 0 Å². The zero-order chi connectivity index (χ0) is 20.6. The lowest BCUT2D eigenvalue weighted by molar-refractivity contribution is -0.168. The van der Waals surface area contributed by atoms with Gasteiger partial charge in [-0.2, -0.15) is 0 Å². The Labute approximate surface area is 171 Å². The van der Waals surface area contributed by atoms with Crippen LogP contribution >= 0.6 is 0 Å². The van der Waals surface area contributed by atoms with Crippen molar-refractivity contribution in [3.8, 4) is 0 Å². The third-order valence-electron chi connectivity index (χ3n) is 5.30. The van der Waals surface area contributed by atoms with Crippen LogP contribution in [0.3, 0.4) is 0 Å². The number of hydrogen-bond acceptors (Lipinski definition) is 6. The molecule has 7 heteroatoms. The van der Waals surface area contributed by atoms with Crippen LogP contribution in [0.5, 0.6) is 0 Å². The number of ketones is 1. The summed E-state index contributed by atoms with van der Waals surface area (Å²) in [6, 6.07) is 9.08. The molecule has 7 nitrogen and oxygen atoms in total. The molecule has 1 aromatic carbocycles. The van der Waals surface area contributed by atoms with Crippen LogP contribution in [0.4, 0.5) is 4.79 Å². The second-order valence-corrected chi connectivity index (χ2v) is 7.79. The van der Waals surface area contributed by atoms with E-state index in [1.165, 1.54) is 0 Å². The summed E-state index contributed by atoms with van der Waals surface area (Å²) < 4.78 is 16.3. The second kappa shape index (κ2) is 10.5.